The molecular formula is C22H18N4O. The van der Waals surface area contributed by atoms with Crippen molar-refractivity contribution in [3.63, 3.8) is 0 Å². The third kappa shape index (κ3) is 3.77. The Morgan fingerprint density at radius 3 is 2.59 bits per heavy atom. The molecule has 4 rings (SSSR count). The maximum atomic E-state index is 12.1. The molecule has 0 spiro atoms. The van der Waals surface area contributed by atoms with Gasteiger partial charge in [-0.1, -0.05) is 18.2 Å². The van der Waals surface area contributed by atoms with Crippen LogP contribution in [0.3, 0.4) is 0 Å². The van der Waals surface area contributed by atoms with E-state index in [9.17, 15) is 4.79 Å². The third-order valence-electron chi connectivity index (χ3n) is 4.26. The minimum Gasteiger partial charge on any atom is -0.323 e. The van der Waals surface area contributed by atoms with Crippen molar-refractivity contribution in [2.24, 2.45) is 0 Å². The van der Waals surface area contributed by atoms with Crippen molar-refractivity contribution in [2.45, 2.75) is 6.92 Å². The molecule has 1 amide bonds. The Morgan fingerprint density at radius 2 is 1.85 bits per heavy atom. The summed E-state index contributed by atoms with van der Waals surface area (Å²) in [4.78, 5) is 20.7. The second kappa shape index (κ2) is 7.25. The molecule has 0 bridgehead atoms. The van der Waals surface area contributed by atoms with Crippen molar-refractivity contribution in [1.29, 1.82) is 0 Å². The average Bonchev–Trinajstić information content (AvgIpc) is 3.14. The standard InChI is InChI=1S/C22H18N4O/c1-16-3-2-14-26-15-20(25-22(16)26)18-5-7-19(8-6-18)24-21(27)9-4-17-10-12-23-13-11-17/h2-15H,1H3,(H,24,27)/b9-4+. The minimum atomic E-state index is -0.178. The van der Waals surface area contributed by atoms with E-state index < -0.39 is 0 Å². The number of imidazole rings is 1. The number of aryl methyl sites for hydroxylation is 1. The number of rotatable bonds is 4. The summed E-state index contributed by atoms with van der Waals surface area (Å²) < 4.78 is 2.02. The highest BCUT2D eigenvalue weighted by Gasteiger charge is 2.06. The number of hydrogen-bond donors (Lipinski definition) is 1. The van der Waals surface area contributed by atoms with E-state index in [-0.39, 0.29) is 5.91 Å². The molecule has 0 radical (unpaired) electrons. The lowest BCUT2D eigenvalue weighted by molar-refractivity contribution is -0.111. The van der Waals surface area contributed by atoms with Gasteiger partial charge in [-0.15, -0.1) is 0 Å². The summed E-state index contributed by atoms with van der Waals surface area (Å²) in [6.45, 7) is 2.05. The molecule has 1 aromatic carbocycles. The fourth-order valence-corrected chi connectivity index (χ4v) is 2.85. The number of anilines is 1. The maximum absolute atomic E-state index is 12.1. The first-order valence-electron chi connectivity index (χ1n) is 8.63. The van der Waals surface area contributed by atoms with Crippen LogP contribution in [0.25, 0.3) is 23.0 Å². The lowest BCUT2D eigenvalue weighted by Gasteiger charge is -2.03. The van der Waals surface area contributed by atoms with Gasteiger partial charge in [0, 0.05) is 42.1 Å². The topological polar surface area (TPSA) is 59.3 Å². The monoisotopic (exact) mass is 354 g/mol. The molecule has 0 saturated carbocycles. The van der Waals surface area contributed by atoms with Crippen LogP contribution in [-0.2, 0) is 4.79 Å². The number of hydrogen-bond acceptors (Lipinski definition) is 3. The highest BCUT2D eigenvalue weighted by molar-refractivity contribution is 6.02. The highest BCUT2D eigenvalue weighted by atomic mass is 16.1. The van der Waals surface area contributed by atoms with Gasteiger partial charge in [-0.25, -0.2) is 4.98 Å². The van der Waals surface area contributed by atoms with Gasteiger partial charge in [0.15, 0.2) is 0 Å². The van der Waals surface area contributed by atoms with E-state index in [1.807, 2.05) is 72.2 Å². The molecule has 0 saturated heterocycles. The molecule has 0 aliphatic rings. The number of fused-ring (bicyclic) bond motifs is 1. The lowest BCUT2D eigenvalue weighted by atomic mass is 10.1. The van der Waals surface area contributed by atoms with Crippen molar-refractivity contribution in [2.75, 3.05) is 5.32 Å². The Kier molecular flexibility index (Phi) is 4.49. The number of carbonyl (C=O) groups excluding carboxylic acids is 1. The van der Waals surface area contributed by atoms with Crippen molar-refractivity contribution in [1.82, 2.24) is 14.4 Å². The normalized spacial score (nSPS) is 11.1. The maximum Gasteiger partial charge on any atom is 0.248 e. The van der Waals surface area contributed by atoms with Crippen LogP contribution in [0, 0.1) is 6.92 Å². The number of benzene rings is 1. The van der Waals surface area contributed by atoms with E-state index in [0.29, 0.717) is 0 Å². The number of amides is 1. The van der Waals surface area contributed by atoms with Gasteiger partial charge in [-0.2, -0.15) is 0 Å². The molecule has 1 N–H and O–H groups in total. The van der Waals surface area contributed by atoms with E-state index in [2.05, 4.69) is 10.3 Å². The molecule has 0 unspecified atom stereocenters. The summed E-state index contributed by atoms with van der Waals surface area (Å²) >= 11 is 0. The van der Waals surface area contributed by atoms with E-state index in [4.69, 9.17) is 4.98 Å². The van der Waals surface area contributed by atoms with Gasteiger partial charge in [0.05, 0.1) is 5.69 Å². The smallest absolute Gasteiger partial charge is 0.248 e. The zero-order valence-electron chi connectivity index (χ0n) is 14.8. The molecule has 132 valence electrons. The van der Waals surface area contributed by atoms with Crippen LogP contribution in [0.5, 0.6) is 0 Å². The second-order valence-electron chi connectivity index (χ2n) is 6.23. The molecule has 3 heterocycles. The Morgan fingerprint density at radius 1 is 1.07 bits per heavy atom. The number of carbonyl (C=O) groups is 1. The number of pyridine rings is 2. The van der Waals surface area contributed by atoms with Gasteiger partial charge < -0.3 is 9.72 Å². The fourth-order valence-electron chi connectivity index (χ4n) is 2.85. The van der Waals surface area contributed by atoms with Gasteiger partial charge in [-0.3, -0.25) is 9.78 Å². The molecule has 0 fully saturated rings. The number of aromatic nitrogens is 3. The van der Waals surface area contributed by atoms with Crippen LogP contribution in [0.15, 0.2) is 79.4 Å². The summed E-state index contributed by atoms with van der Waals surface area (Å²) in [7, 11) is 0. The zero-order chi connectivity index (χ0) is 18.6. The number of nitrogens with one attached hydrogen (secondary N) is 1. The summed E-state index contributed by atoms with van der Waals surface area (Å²) in [5.74, 6) is -0.178. The molecule has 3 aromatic heterocycles. The van der Waals surface area contributed by atoms with Gasteiger partial charge in [0.25, 0.3) is 0 Å². The molecular weight excluding hydrogens is 336 g/mol. The molecule has 0 atom stereocenters. The molecule has 0 aliphatic heterocycles. The highest BCUT2D eigenvalue weighted by Crippen LogP contribution is 2.22. The van der Waals surface area contributed by atoms with E-state index in [0.717, 1.165) is 33.7 Å². The summed E-state index contributed by atoms with van der Waals surface area (Å²) in [5, 5.41) is 2.86. The molecule has 0 aliphatic carbocycles. The van der Waals surface area contributed by atoms with E-state index >= 15 is 0 Å². The van der Waals surface area contributed by atoms with Gasteiger partial charge in [0.1, 0.15) is 5.65 Å². The van der Waals surface area contributed by atoms with Crippen LogP contribution in [0.1, 0.15) is 11.1 Å². The predicted octanol–water partition coefficient (Wildman–Crippen LogP) is 4.36. The van der Waals surface area contributed by atoms with Crippen molar-refractivity contribution in [3.05, 3.63) is 90.5 Å². The largest absolute Gasteiger partial charge is 0.323 e. The Labute approximate surface area is 157 Å². The van der Waals surface area contributed by atoms with Gasteiger partial charge >= 0.3 is 0 Å². The lowest BCUT2D eigenvalue weighted by Crippen LogP contribution is -2.07. The van der Waals surface area contributed by atoms with Gasteiger partial charge in [-0.05, 0) is 54.5 Å². The molecule has 4 aromatic rings. The molecule has 5 nitrogen and oxygen atoms in total. The van der Waals surface area contributed by atoms with Crippen LogP contribution >= 0.6 is 0 Å². The van der Waals surface area contributed by atoms with Crippen molar-refractivity contribution in [3.8, 4) is 11.3 Å². The first-order chi connectivity index (χ1) is 13.2. The zero-order valence-corrected chi connectivity index (χ0v) is 14.8. The number of nitrogens with zero attached hydrogens (tertiary/aromatic N) is 3. The average molecular weight is 354 g/mol. The van der Waals surface area contributed by atoms with Crippen LogP contribution in [0.2, 0.25) is 0 Å². The summed E-state index contributed by atoms with van der Waals surface area (Å²) in [5.41, 5.74) is 5.66. The molecule has 27 heavy (non-hydrogen) atoms. The van der Waals surface area contributed by atoms with Crippen LogP contribution in [-0.4, -0.2) is 20.3 Å². The minimum absolute atomic E-state index is 0.178. The Bertz CT molecular complexity index is 1110. The third-order valence-corrected chi connectivity index (χ3v) is 4.26. The van der Waals surface area contributed by atoms with E-state index in [1.54, 1.807) is 18.5 Å². The van der Waals surface area contributed by atoms with E-state index in [1.165, 1.54) is 6.08 Å². The van der Waals surface area contributed by atoms with Crippen molar-refractivity contribution >= 4 is 23.3 Å². The molecule has 5 heteroatoms. The first kappa shape index (κ1) is 16.7. The summed E-state index contributed by atoms with van der Waals surface area (Å²) in [6.07, 6.45) is 10.6. The predicted molar refractivity (Wildman–Crippen MR) is 107 cm³/mol. The van der Waals surface area contributed by atoms with Crippen LogP contribution < -0.4 is 5.32 Å². The van der Waals surface area contributed by atoms with Gasteiger partial charge in [0.2, 0.25) is 5.91 Å². The van der Waals surface area contributed by atoms with Crippen LogP contribution in [0.4, 0.5) is 5.69 Å². The quantitative estimate of drug-likeness (QED) is 0.554. The van der Waals surface area contributed by atoms with Crippen molar-refractivity contribution < 1.29 is 4.79 Å². The second-order valence-corrected chi connectivity index (χ2v) is 6.23. The first-order valence-corrected chi connectivity index (χ1v) is 8.63. The summed E-state index contributed by atoms with van der Waals surface area (Å²) in [6, 6.07) is 15.4. The SMILES string of the molecule is Cc1cccn2cc(-c3ccc(NC(=O)/C=C/c4ccncc4)cc3)nc12. The Hall–Kier alpha value is -3.73. The fraction of sp³-hybridized carbons (Fsp3) is 0.0455. The Balaban J connectivity index is 1.47.